The first-order valence-corrected chi connectivity index (χ1v) is 9.38. The average Bonchev–Trinajstić information content (AvgIpc) is 3.16. The lowest BCUT2D eigenvalue weighted by Crippen LogP contribution is -2.62. The largest absolute Gasteiger partial charge is 0.494 e. The Hall–Kier alpha value is -2.83. The summed E-state index contributed by atoms with van der Waals surface area (Å²) < 4.78 is 7.07. The van der Waals surface area contributed by atoms with E-state index in [-0.39, 0.29) is 30.4 Å². The summed E-state index contributed by atoms with van der Waals surface area (Å²) in [4.78, 5) is 26.9. The van der Waals surface area contributed by atoms with E-state index in [0.717, 1.165) is 36.9 Å². The zero-order valence-electron chi connectivity index (χ0n) is 15.6. The van der Waals surface area contributed by atoms with Crippen LogP contribution in [0.2, 0.25) is 0 Å². The first-order chi connectivity index (χ1) is 13.1. The van der Waals surface area contributed by atoms with Gasteiger partial charge in [-0.2, -0.15) is 5.10 Å². The number of hydrogen-bond acceptors (Lipinski definition) is 4. The molecule has 0 radical (unpaired) electrons. The maximum Gasteiger partial charge on any atom is 0.275 e. The Labute approximate surface area is 158 Å². The van der Waals surface area contributed by atoms with E-state index in [4.69, 9.17) is 4.74 Å². The summed E-state index contributed by atoms with van der Waals surface area (Å²) in [5, 5.41) is 7.51. The number of fused-ring (bicyclic) bond motifs is 1. The number of hydrogen-bond donors (Lipinski definition) is 1. The molecule has 1 saturated carbocycles. The van der Waals surface area contributed by atoms with Gasteiger partial charge in [0.05, 0.1) is 13.2 Å². The second-order valence-electron chi connectivity index (χ2n) is 7.28. The van der Waals surface area contributed by atoms with Crippen molar-refractivity contribution in [1.82, 2.24) is 20.0 Å². The molecule has 2 heterocycles. The molecule has 0 bridgehead atoms. The van der Waals surface area contributed by atoms with Gasteiger partial charge in [-0.25, -0.2) is 4.68 Å². The third-order valence-electron chi connectivity index (χ3n) is 5.44. The summed E-state index contributed by atoms with van der Waals surface area (Å²) in [6.45, 7) is 2.09. The second-order valence-corrected chi connectivity index (χ2v) is 7.28. The number of aromatic nitrogens is 2. The van der Waals surface area contributed by atoms with Crippen molar-refractivity contribution in [3.05, 3.63) is 41.7 Å². The third kappa shape index (κ3) is 3.29. The van der Waals surface area contributed by atoms with Gasteiger partial charge in [-0.05, 0) is 43.5 Å². The molecule has 142 valence electrons. The zero-order valence-corrected chi connectivity index (χ0v) is 15.6. The number of nitrogens with zero attached hydrogens (tertiary/aromatic N) is 3. The highest BCUT2D eigenvalue weighted by molar-refractivity contribution is 5.96. The molecular weight excluding hydrogens is 344 g/mol. The fourth-order valence-electron chi connectivity index (χ4n) is 4.10. The fraction of sp³-hybridized carbons (Fsp3) is 0.450. The Balaban J connectivity index is 1.62. The van der Waals surface area contributed by atoms with Crippen molar-refractivity contribution in [2.24, 2.45) is 0 Å². The standard InChI is InChI=1S/C20H24N4O3/c1-13-7-8-18(27-2)17(11-13)24-10-9-15(22-24)20(26)23-12-19(25)21-14-5-3-4-6-16(14)23/h7-11,14,16H,3-6,12H2,1-2H3,(H,21,25)/t14-,16-/m0/s1. The van der Waals surface area contributed by atoms with E-state index in [2.05, 4.69) is 10.4 Å². The summed E-state index contributed by atoms with van der Waals surface area (Å²) in [5.74, 6) is 0.408. The molecule has 2 amide bonds. The van der Waals surface area contributed by atoms with Gasteiger partial charge in [-0.3, -0.25) is 9.59 Å². The third-order valence-corrected chi connectivity index (χ3v) is 5.44. The predicted molar refractivity (Wildman–Crippen MR) is 100 cm³/mol. The van der Waals surface area contributed by atoms with Crippen LogP contribution in [0.15, 0.2) is 30.5 Å². The first kappa shape index (κ1) is 17.6. The Kier molecular flexibility index (Phi) is 4.59. The monoisotopic (exact) mass is 368 g/mol. The zero-order chi connectivity index (χ0) is 19.0. The Bertz CT molecular complexity index is 876. The number of piperazine rings is 1. The highest BCUT2D eigenvalue weighted by atomic mass is 16.5. The van der Waals surface area contributed by atoms with Crippen LogP contribution >= 0.6 is 0 Å². The lowest BCUT2D eigenvalue weighted by atomic mass is 9.87. The van der Waals surface area contributed by atoms with Crippen molar-refractivity contribution in [2.45, 2.75) is 44.7 Å². The maximum absolute atomic E-state index is 13.1. The van der Waals surface area contributed by atoms with Gasteiger partial charge in [0.15, 0.2) is 5.69 Å². The van der Waals surface area contributed by atoms with Gasteiger partial charge in [0.1, 0.15) is 18.0 Å². The molecule has 0 unspecified atom stereocenters. The molecule has 4 rings (SSSR count). The van der Waals surface area contributed by atoms with Crippen molar-refractivity contribution < 1.29 is 14.3 Å². The molecule has 1 aliphatic carbocycles. The Morgan fingerprint density at radius 2 is 2.07 bits per heavy atom. The highest BCUT2D eigenvalue weighted by Gasteiger charge is 2.39. The fourth-order valence-corrected chi connectivity index (χ4v) is 4.10. The lowest BCUT2D eigenvalue weighted by Gasteiger charge is -2.43. The Morgan fingerprint density at radius 3 is 2.89 bits per heavy atom. The second kappa shape index (κ2) is 7.06. The molecule has 7 heteroatoms. The van der Waals surface area contributed by atoms with E-state index in [0.29, 0.717) is 11.4 Å². The number of amides is 2. The van der Waals surface area contributed by atoms with E-state index >= 15 is 0 Å². The van der Waals surface area contributed by atoms with Gasteiger partial charge < -0.3 is 15.0 Å². The summed E-state index contributed by atoms with van der Waals surface area (Å²) in [5.41, 5.74) is 2.20. The van der Waals surface area contributed by atoms with E-state index in [9.17, 15) is 9.59 Å². The van der Waals surface area contributed by atoms with Gasteiger partial charge in [0, 0.05) is 12.2 Å². The normalized spacial score (nSPS) is 22.1. The van der Waals surface area contributed by atoms with Crippen LogP contribution in [0.25, 0.3) is 5.69 Å². The van der Waals surface area contributed by atoms with Crippen LogP contribution in [-0.4, -0.2) is 52.2 Å². The van der Waals surface area contributed by atoms with Crippen molar-refractivity contribution in [3.8, 4) is 11.4 Å². The molecule has 27 heavy (non-hydrogen) atoms. The molecule has 1 aliphatic heterocycles. The van der Waals surface area contributed by atoms with E-state index in [1.54, 1.807) is 29.0 Å². The number of carbonyl (C=O) groups excluding carboxylic acids is 2. The van der Waals surface area contributed by atoms with E-state index < -0.39 is 0 Å². The van der Waals surface area contributed by atoms with Crippen molar-refractivity contribution in [2.75, 3.05) is 13.7 Å². The van der Waals surface area contributed by atoms with Crippen LogP contribution in [0.5, 0.6) is 5.75 Å². The van der Waals surface area contributed by atoms with Crippen LogP contribution in [0.4, 0.5) is 0 Å². The topological polar surface area (TPSA) is 76.5 Å². The molecule has 2 aliphatic rings. The molecule has 2 atom stereocenters. The van der Waals surface area contributed by atoms with Crippen LogP contribution < -0.4 is 10.1 Å². The molecular formula is C20H24N4O3. The SMILES string of the molecule is COc1ccc(C)cc1-n1ccc(C(=O)N2CC(=O)N[C@H]3CCCC[C@@H]32)n1. The van der Waals surface area contributed by atoms with Gasteiger partial charge in [0.2, 0.25) is 5.91 Å². The first-order valence-electron chi connectivity index (χ1n) is 9.38. The number of carbonyl (C=O) groups is 2. The van der Waals surface area contributed by atoms with Crippen molar-refractivity contribution in [3.63, 3.8) is 0 Å². The van der Waals surface area contributed by atoms with Gasteiger partial charge in [0.25, 0.3) is 5.91 Å². The van der Waals surface area contributed by atoms with Crippen LogP contribution in [0, 0.1) is 6.92 Å². The Morgan fingerprint density at radius 1 is 1.26 bits per heavy atom. The smallest absolute Gasteiger partial charge is 0.275 e. The molecule has 2 aromatic rings. The number of nitrogens with one attached hydrogen (secondary N) is 1. The minimum Gasteiger partial charge on any atom is -0.494 e. The van der Waals surface area contributed by atoms with Crippen LogP contribution in [0.1, 0.15) is 41.7 Å². The number of aryl methyl sites for hydroxylation is 1. The van der Waals surface area contributed by atoms with Crippen molar-refractivity contribution in [1.29, 1.82) is 0 Å². The molecule has 2 fully saturated rings. The average molecular weight is 368 g/mol. The highest BCUT2D eigenvalue weighted by Crippen LogP contribution is 2.28. The maximum atomic E-state index is 13.1. The predicted octanol–water partition coefficient (Wildman–Crippen LogP) is 2.07. The van der Waals surface area contributed by atoms with Gasteiger partial charge >= 0.3 is 0 Å². The summed E-state index contributed by atoms with van der Waals surface area (Å²) in [6.07, 6.45) is 5.77. The summed E-state index contributed by atoms with van der Waals surface area (Å²) in [7, 11) is 1.61. The molecule has 7 nitrogen and oxygen atoms in total. The molecule has 0 spiro atoms. The van der Waals surface area contributed by atoms with Crippen LogP contribution in [0.3, 0.4) is 0 Å². The van der Waals surface area contributed by atoms with Crippen LogP contribution in [-0.2, 0) is 4.79 Å². The molecule has 1 aromatic heterocycles. The summed E-state index contributed by atoms with van der Waals surface area (Å²) >= 11 is 0. The molecule has 1 saturated heterocycles. The number of methoxy groups -OCH3 is 1. The minimum atomic E-state index is -0.188. The number of ether oxygens (including phenoxy) is 1. The number of rotatable bonds is 3. The summed E-state index contributed by atoms with van der Waals surface area (Å²) in [6, 6.07) is 7.63. The van der Waals surface area contributed by atoms with E-state index in [1.807, 2.05) is 25.1 Å². The van der Waals surface area contributed by atoms with Gasteiger partial charge in [-0.1, -0.05) is 18.9 Å². The van der Waals surface area contributed by atoms with Gasteiger partial charge in [-0.15, -0.1) is 0 Å². The molecule has 1 aromatic carbocycles. The molecule has 1 N–H and O–H groups in total. The lowest BCUT2D eigenvalue weighted by molar-refractivity contribution is -0.127. The minimum absolute atomic E-state index is 0.0580. The van der Waals surface area contributed by atoms with Crippen molar-refractivity contribution >= 4 is 11.8 Å². The van der Waals surface area contributed by atoms with E-state index in [1.165, 1.54) is 0 Å². The quantitative estimate of drug-likeness (QED) is 0.900. The number of benzene rings is 1.